The molecule has 0 aliphatic carbocycles. The summed E-state index contributed by atoms with van der Waals surface area (Å²) in [7, 11) is 0. The Bertz CT molecular complexity index is 3150. The number of aromatic nitrogens is 3. The molecule has 232 valence electrons. The molecule has 3 nitrogen and oxygen atoms in total. The standard InChI is InChI=1S/C46H27N3S/c1-2-13-28(14-3-1)30-16-12-17-31(27-30)42-46(48-38-23-10-9-22-37(38)47-42)49-39-24-11-8-21-35(39)40-33-19-6-7-20-34(33)41-36-26-25-29-15-4-5-18-32(29)44(36)50-45(41)43(40)49/h1-27H. The molecule has 0 aliphatic heterocycles. The molecule has 0 amide bonds. The van der Waals surface area contributed by atoms with E-state index in [1.165, 1.54) is 63.6 Å². The molecule has 3 heterocycles. The Morgan fingerprint density at radius 3 is 1.90 bits per heavy atom. The Morgan fingerprint density at radius 2 is 1.06 bits per heavy atom. The number of para-hydroxylation sites is 3. The number of thiophene rings is 1. The smallest absolute Gasteiger partial charge is 0.165 e. The summed E-state index contributed by atoms with van der Waals surface area (Å²) in [5, 5.41) is 10.1. The molecule has 0 atom stereocenters. The van der Waals surface area contributed by atoms with Crippen LogP contribution in [0.1, 0.15) is 0 Å². The number of fused-ring (bicyclic) bond motifs is 13. The summed E-state index contributed by atoms with van der Waals surface area (Å²) < 4.78 is 4.98. The summed E-state index contributed by atoms with van der Waals surface area (Å²) in [4.78, 5) is 10.9. The van der Waals surface area contributed by atoms with E-state index in [0.29, 0.717) is 0 Å². The van der Waals surface area contributed by atoms with Crippen LogP contribution < -0.4 is 0 Å². The van der Waals surface area contributed by atoms with Crippen LogP contribution in [-0.2, 0) is 0 Å². The lowest BCUT2D eigenvalue weighted by atomic mass is 9.98. The fourth-order valence-corrected chi connectivity index (χ4v) is 9.34. The average Bonchev–Trinajstić information content (AvgIpc) is 3.75. The van der Waals surface area contributed by atoms with Crippen molar-refractivity contribution in [3.8, 4) is 28.2 Å². The highest BCUT2D eigenvalue weighted by molar-refractivity contribution is 7.27. The second-order valence-electron chi connectivity index (χ2n) is 12.9. The van der Waals surface area contributed by atoms with Gasteiger partial charge in [-0.3, -0.25) is 4.57 Å². The van der Waals surface area contributed by atoms with Gasteiger partial charge in [0, 0.05) is 31.8 Å². The van der Waals surface area contributed by atoms with E-state index in [-0.39, 0.29) is 0 Å². The van der Waals surface area contributed by atoms with Crippen LogP contribution in [0.5, 0.6) is 0 Å². The van der Waals surface area contributed by atoms with Crippen molar-refractivity contribution in [2.24, 2.45) is 0 Å². The van der Waals surface area contributed by atoms with Crippen LogP contribution in [0.15, 0.2) is 164 Å². The summed E-state index contributed by atoms with van der Waals surface area (Å²) in [6.45, 7) is 0. The normalized spacial score (nSPS) is 12.0. The molecular formula is C46H27N3S. The number of rotatable bonds is 3. The Labute approximate surface area is 291 Å². The van der Waals surface area contributed by atoms with E-state index in [4.69, 9.17) is 9.97 Å². The molecule has 0 bridgehead atoms. The van der Waals surface area contributed by atoms with Gasteiger partial charge < -0.3 is 0 Å². The van der Waals surface area contributed by atoms with Crippen molar-refractivity contribution >= 4 is 85.9 Å². The van der Waals surface area contributed by atoms with Crippen molar-refractivity contribution in [1.82, 2.24) is 14.5 Å². The second kappa shape index (κ2) is 10.6. The average molecular weight is 654 g/mol. The predicted molar refractivity (Wildman–Crippen MR) is 213 cm³/mol. The fraction of sp³-hybridized carbons (Fsp3) is 0. The van der Waals surface area contributed by atoms with Crippen molar-refractivity contribution < 1.29 is 0 Å². The van der Waals surface area contributed by atoms with Crippen molar-refractivity contribution in [2.75, 3.05) is 0 Å². The van der Waals surface area contributed by atoms with Crippen LogP contribution in [0.4, 0.5) is 0 Å². The molecule has 11 aromatic rings. The topological polar surface area (TPSA) is 30.7 Å². The molecule has 4 heteroatoms. The molecule has 0 saturated carbocycles. The van der Waals surface area contributed by atoms with Crippen molar-refractivity contribution in [2.45, 2.75) is 0 Å². The van der Waals surface area contributed by atoms with E-state index in [1.54, 1.807) is 0 Å². The number of benzene rings is 8. The zero-order valence-corrected chi connectivity index (χ0v) is 27.7. The summed E-state index contributed by atoms with van der Waals surface area (Å²) in [6, 6.07) is 58.5. The van der Waals surface area contributed by atoms with Crippen LogP contribution in [0.3, 0.4) is 0 Å². The monoisotopic (exact) mass is 653 g/mol. The van der Waals surface area contributed by atoms with Gasteiger partial charge >= 0.3 is 0 Å². The van der Waals surface area contributed by atoms with Gasteiger partial charge in [0.15, 0.2) is 5.82 Å². The van der Waals surface area contributed by atoms with Gasteiger partial charge in [-0.25, -0.2) is 9.97 Å². The number of hydrogen-bond donors (Lipinski definition) is 0. The van der Waals surface area contributed by atoms with E-state index >= 15 is 0 Å². The third-order valence-electron chi connectivity index (χ3n) is 10.1. The maximum atomic E-state index is 5.49. The lowest BCUT2D eigenvalue weighted by Crippen LogP contribution is -2.04. The Balaban J connectivity index is 1.35. The Morgan fingerprint density at radius 1 is 0.420 bits per heavy atom. The molecule has 0 radical (unpaired) electrons. The predicted octanol–water partition coefficient (Wildman–Crippen LogP) is 12.7. The molecule has 8 aromatic carbocycles. The first kappa shape index (κ1) is 27.6. The zero-order valence-electron chi connectivity index (χ0n) is 26.8. The van der Waals surface area contributed by atoms with Crippen LogP contribution in [-0.4, -0.2) is 14.5 Å². The van der Waals surface area contributed by atoms with Crippen molar-refractivity contribution in [3.63, 3.8) is 0 Å². The highest BCUT2D eigenvalue weighted by Gasteiger charge is 2.25. The molecule has 0 spiro atoms. The third kappa shape index (κ3) is 3.91. The number of nitrogens with zero attached hydrogens (tertiary/aromatic N) is 3. The van der Waals surface area contributed by atoms with Gasteiger partial charge in [0.25, 0.3) is 0 Å². The SMILES string of the molecule is c1ccc(-c2cccc(-c3nc4ccccc4nc3-n3c4ccccc4c4c5ccccc5c5c6ccc7ccccc7c6sc5c43)c2)cc1. The van der Waals surface area contributed by atoms with Gasteiger partial charge in [-0.2, -0.15) is 0 Å². The van der Waals surface area contributed by atoms with Gasteiger partial charge in [0.05, 0.1) is 26.8 Å². The molecule has 0 unspecified atom stereocenters. The Hall–Kier alpha value is -6.36. The van der Waals surface area contributed by atoms with Crippen molar-refractivity contribution in [1.29, 1.82) is 0 Å². The maximum Gasteiger partial charge on any atom is 0.165 e. The molecular weight excluding hydrogens is 627 g/mol. The molecule has 0 aliphatic rings. The molecule has 50 heavy (non-hydrogen) atoms. The first-order chi connectivity index (χ1) is 24.8. The van der Waals surface area contributed by atoms with Gasteiger partial charge in [0.2, 0.25) is 0 Å². The third-order valence-corrected chi connectivity index (χ3v) is 11.4. The van der Waals surface area contributed by atoms with E-state index in [0.717, 1.165) is 39.2 Å². The molecule has 0 N–H and O–H groups in total. The van der Waals surface area contributed by atoms with Gasteiger partial charge in [-0.1, -0.05) is 140 Å². The molecule has 3 aromatic heterocycles. The lowest BCUT2D eigenvalue weighted by Gasteiger charge is -2.15. The highest BCUT2D eigenvalue weighted by Crippen LogP contribution is 2.49. The maximum absolute atomic E-state index is 5.49. The minimum absolute atomic E-state index is 0.832. The lowest BCUT2D eigenvalue weighted by molar-refractivity contribution is 1.08. The Kier molecular flexibility index (Phi) is 5.83. The molecule has 0 fully saturated rings. The van der Waals surface area contributed by atoms with Crippen LogP contribution in [0.2, 0.25) is 0 Å². The second-order valence-corrected chi connectivity index (χ2v) is 13.9. The van der Waals surface area contributed by atoms with Gasteiger partial charge in [-0.05, 0) is 56.9 Å². The summed E-state index contributed by atoms with van der Waals surface area (Å²) in [6.07, 6.45) is 0. The fourth-order valence-electron chi connectivity index (χ4n) is 7.94. The van der Waals surface area contributed by atoms with Gasteiger partial charge in [-0.15, -0.1) is 11.3 Å². The minimum Gasteiger partial charge on any atom is -0.290 e. The summed E-state index contributed by atoms with van der Waals surface area (Å²) in [5.41, 5.74) is 8.25. The van der Waals surface area contributed by atoms with E-state index in [1.807, 2.05) is 23.5 Å². The van der Waals surface area contributed by atoms with Gasteiger partial charge in [0.1, 0.15) is 5.69 Å². The minimum atomic E-state index is 0.832. The van der Waals surface area contributed by atoms with E-state index in [9.17, 15) is 0 Å². The van der Waals surface area contributed by atoms with Crippen LogP contribution in [0, 0.1) is 0 Å². The first-order valence-corrected chi connectivity index (χ1v) is 17.7. The van der Waals surface area contributed by atoms with E-state index < -0.39 is 0 Å². The largest absolute Gasteiger partial charge is 0.290 e. The first-order valence-electron chi connectivity index (χ1n) is 16.9. The van der Waals surface area contributed by atoms with E-state index in [2.05, 4.69) is 156 Å². The van der Waals surface area contributed by atoms with Crippen molar-refractivity contribution in [3.05, 3.63) is 164 Å². The van der Waals surface area contributed by atoms with Crippen LogP contribution >= 0.6 is 11.3 Å². The number of hydrogen-bond acceptors (Lipinski definition) is 3. The summed E-state index contributed by atoms with van der Waals surface area (Å²) in [5.74, 6) is 0.832. The molecule has 11 rings (SSSR count). The van der Waals surface area contributed by atoms with Crippen LogP contribution in [0.25, 0.3) is 103 Å². The summed E-state index contributed by atoms with van der Waals surface area (Å²) >= 11 is 1.90. The highest BCUT2D eigenvalue weighted by atomic mass is 32.1. The quantitative estimate of drug-likeness (QED) is 0.190. The molecule has 0 saturated heterocycles. The zero-order chi connectivity index (χ0) is 32.8.